The monoisotopic (exact) mass is 395 g/mol. The van der Waals surface area contributed by atoms with Crippen molar-refractivity contribution in [3.8, 4) is 22.6 Å². The lowest BCUT2D eigenvalue weighted by Gasteiger charge is -2.12. The molecule has 0 amide bonds. The summed E-state index contributed by atoms with van der Waals surface area (Å²) in [5.74, 6) is -0.250. The van der Waals surface area contributed by atoms with Gasteiger partial charge in [-0.05, 0) is 41.5 Å². The number of benzene rings is 2. The summed E-state index contributed by atoms with van der Waals surface area (Å²) in [7, 11) is 0.522. The molecular formula is C18H21NO7S. The van der Waals surface area contributed by atoms with Crippen molar-refractivity contribution in [3.05, 3.63) is 42.0 Å². The van der Waals surface area contributed by atoms with E-state index in [9.17, 15) is 18.3 Å². The first-order valence-corrected chi connectivity index (χ1v) is 9.39. The summed E-state index contributed by atoms with van der Waals surface area (Å²) in [5.41, 5.74) is 0.809. The van der Waals surface area contributed by atoms with E-state index in [2.05, 4.69) is 4.72 Å². The number of carboxylic acid groups (broad SMARTS) is 1. The van der Waals surface area contributed by atoms with Crippen LogP contribution in [-0.4, -0.2) is 54.0 Å². The van der Waals surface area contributed by atoms with E-state index in [0.717, 1.165) is 6.07 Å². The number of sulfonamides is 1. The second-order valence-corrected chi connectivity index (χ2v) is 7.31. The molecule has 8 nitrogen and oxygen atoms in total. The zero-order chi connectivity index (χ0) is 20.0. The van der Waals surface area contributed by atoms with Crippen molar-refractivity contribution in [2.24, 2.45) is 0 Å². The molecule has 0 aliphatic rings. The third-order valence-corrected chi connectivity index (χ3v) is 5.19. The van der Waals surface area contributed by atoms with Gasteiger partial charge in [0.05, 0.1) is 31.3 Å². The van der Waals surface area contributed by atoms with Gasteiger partial charge in [0.25, 0.3) is 0 Å². The number of methoxy groups -OCH3 is 3. The number of hydrogen-bond acceptors (Lipinski definition) is 6. The Morgan fingerprint density at radius 1 is 0.963 bits per heavy atom. The molecule has 27 heavy (non-hydrogen) atoms. The highest BCUT2D eigenvalue weighted by molar-refractivity contribution is 7.89. The van der Waals surface area contributed by atoms with E-state index in [4.69, 9.17) is 14.2 Å². The van der Waals surface area contributed by atoms with Crippen molar-refractivity contribution < 1.29 is 32.5 Å². The summed E-state index contributed by atoms with van der Waals surface area (Å²) < 4.78 is 42.6. The van der Waals surface area contributed by atoms with Gasteiger partial charge < -0.3 is 19.3 Å². The normalized spacial score (nSPS) is 11.2. The Hall–Kier alpha value is -2.62. The molecule has 0 fully saturated rings. The first kappa shape index (κ1) is 20.7. The van der Waals surface area contributed by atoms with Crippen LogP contribution in [0.1, 0.15) is 10.4 Å². The fraction of sp³-hybridized carbons (Fsp3) is 0.278. The van der Waals surface area contributed by atoms with Crippen molar-refractivity contribution >= 4 is 16.0 Å². The molecule has 2 aromatic rings. The number of ether oxygens (including phenoxy) is 3. The van der Waals surface area contributed by atoms with Crippen LogP contribution in [0.4, 0.5) is 0 Å². The lowest BCUT2D eigenvalue weighted by atomic mass is 10.0. The molecule has 0 radical (unpaired) electrons. The van der Waals surface area contributed by atoms with Crippen LogP contribution in [0.15, 0.2) is 41.3 Å². The van der Waals surface area contributed by atoms with E-state index in [-0.39, 0.29) is 23.6 Å². The van der Waals surface area contributed by atoms with Gasteiger partial charge in [0, 0.05) is 19.7 Å². The van der Waals surface area contributed by atoms with Crippen molar-refractivity contribution in [2.75, 3.05) is 34.5 Å². The van der Waals surface area contributed by atoms with E-state index < -0.39 is 16.0 Å². The van der Waals surface area contributed by atoms with Gasteiger partial charge in [0.15, 0.2) is 0 Å². The van der Waals surface area contributed by atoms with Crippen LogP contribution < -0.4 is 14.2 Å². The van der Waals surface area contributed by atoms with E-state index in [1.54, 1.807) is 18.2 Å². The van der Waals surface area contributed by atoms with Crippen LogP contribution >= 0.6 is 0 Å². The molecule has 0 spiro atoms. The molecule has 0 saturated heterocycles. The molecule has 146 valence electrons. The summed E-state index contributed by atoms with van der Waals surface area (Å²) >= 11 is 0. The first-order chi connectivity index (χ1) is 12.8. The van der Waals surface area contributed by atoms with Gasteiger partial charge in [-0.1, -0.05) is 0 Å². The first-order valence-electron chi connectivity index (χ1n) is 7.91. The fourth-order valence-corrected chi connectivity index (χ4v) is 3.46. The highest BCUT2D eigenvalue weighted by atomic mass is 32.2. The molecule has 2 rings (SSSR count). The molecule has 2 aromatic carbocycles. The van der Waals surface area contributed by atoms with Gasteiger partial charge >= 0.3 is 5.97 Å². The molecule has 0 aliphatic heterocycles. The molecule has 9 heteroatoms. The molecule has 0 bridgehead atoms. The number of carbonyl (C=O) groups is 1. The predicted molar refractivity (Wildman–Crippen MR) is 99.0 cm³/mol. The highest BCUT2D eigenvalue weighted by Gasteiger charge is 2.19. The summed E-state index contributed by atoms with van der Waals surface area (Å²) in [4.78, 5) is 11.3. The maximum Gasteiger partial charge on any atom is 0.335 e. The number of nitrogens with one attached hydrogen (secondary N) is 1. The smallest absolute Gasteiger partial charge is 0.335 e. The van der Waals surface area contributed by atoms with Crippen LogP contribution in [0.2, 0.25) is 0 Å². The average Bonchev–Trinajstić information content (AvgIpc) is 2.67. The zero-order valence-electron chi connectivity index (χ0n) is 15.2. The molecule has 0 unspecified atom stereocenters. The van der Waals surface area contributed by atoms with Gasteiger partial charge in [-0.2, -0.15) is 0 Å². The van der Waals surface area contributed by atoms with Crippen LogP contribution in [-0.2, 0) is 14.8 Å². The van der Waals surface area contributed by atoms with Crippen molar-refractivity contribution in [2.45, 2.75) is 4.90 Å². The minimum atomic E-state index is -3.91. The molecule has 0 saturated carbocycles. The van der Waals surface area contributed by atoms with Gasteiger partial charge in [-0.3, -0.25) is 0 Å². The summed E-state index contributed by atoms with van der Waals surface area (Å²) in [6.45, 7) is 0.260. The maximum absolute atomic E-state index is 12.5. The number of aromatic carboxylic acids is 1. The standard InChI is InChI=1S/C18H21NO7S/c1-24-5-4-19-27(22,23)17-9-12(6-14(10-17)18(20)21)13-7-15(25-2)11-16(8-13)26-3/h6-11,19H,4-5H2,1-3H3,(H,20,21). The SMILES string of the molecule is COCCNS(=O)(=O)c1cc(C(=O)O)cc(-c2cc(OC)cc(OC)c2)c1. The number of hydrogen-bond donors (Lipinski definition) is 2. The fourth-order valence-electron chi connectivity index (χ4n) is 2.38. The second kappa shape index (κ2) is 8.85. The van der Waals surface area contributed by atoms with Crippen molar-refractivity contribution in [3.63, 3.8) is 0 Å². The molecule has 0 heterocycles. The quantitative estimate of drug-likeness (QED) is 0.625. The third kappa shape index (κ3) is 5.19. The minimum Gasteiger partial charge on any atom is -0.497 e. The van der Waals surface area contributed by atoms with Gasteiger partial charge in [-0.25, -0.2) is 17.9 Å². The Kier molecular flexibility index (Phi) is 6.78. The lowest BCUT2D eigenvalue weighted by Crippen LogP contribution is -2.27. The minimum absolute atomic E-state index is 0.0679. The largest absolute Gasteiger partial charge is 0.497 e. The number of carboxylic acids is 1. The van der Waals surface area contributed by atoms with Crippen LogP contribution in [0.25, 0.3) is 11.1 Å². The van der Waals surface area contributed by atoms with Crippen LogP contribution in [0, 0.1) is 0 Å². The molecule has 2 N–H and O–H groups in total. The Morgan fingerprint density at radius 3 is 2.07 bits per heavy atom. The van der Waals surface area contributed by atoms with E-state index in [1.807, 2.05) is 0 Å². The Bertz CT molecular complexity index is 903. The highest BCUT2D eigenvalue weighted by Crippen LogP contribution is 2.31. The summed E-state index contributed by atoms with van der Waals surface area (Å²) in [6, 6.07) is 8.89. The van der Waals surface area contributed by atoms with E-state index >= 15 is 0 Å². The number of rotatable bonds is 9. The van der Waals surface area contributed by atoms with E-state index in [1.165, 1.54) is 33.5 Å². The van der Waals surface area contributed by atoms with Crippen molar-refractivity contribution in [1.29, 1.82) is 0 Å². The summed E-state index contributed by atoms with van der Waals surface area (Å²) in [5, 5.41) is 9.38. The van der Waals surface area contributed by atoms with Gasteiger partial charge in [-0.15, -0.1) is 0 Å². The lowest BCUT2D eigenvalue weighted by molar-refractivity contribution is 0.0696. The Balaban J connectivity index is 2.58. The third-order valence-electron chi connectivity index (χ3n) is 3.75. The second-order valence-electron chi connectivity index (χ2n) is 5.54. The van der Waals surface area contributed by atoms with Crippen LogP contribution in [0.3, 0.4) is 0 Å². The molecule has 0 aliphatic carbocycles. The topological polar surface area (TPSA) is 111 Å². The van der Waals surface area contributed by atoms with Crippen LogP contribution in [0.5, 0.6) is 11.5 Å². The predicted octanol–water partition coefficient (Wildman–Crippen LogP) is 1.99. The van der Waals surface area contributed by atoms with Gasteiger partial charge in [0.2, 0.25) is 10.0 Å². The van der Waals surface area contributed by atoms with E-state index in [0.29, 0.717) is 22.6 Å². The summed E-state index contributed by atoms with van der Waals surface area (Å²) in [6.07, 6.45) is 0. The maximum atomic E-state index is 12.5. The molecule has 0 aromatic heterocycles. The van der Waals surface area contributed by atoms with Crippen molar-refractivity contribution in [1.82, 2.24) is 4.72 Å². The molecular weight excluding hydrogens is 374 g/mol. The molecule has 0 atom stereocenters. The Morgan fingerprint density at radius 2 is 1.56 bits per heavy atom. The Labute approximate surface area is 157 Å². The van der Waals surface area contributed by atoms with Gasteiger partial charge in [0.1, 0.15) is 11.5 Å². The average molecular weight is 395 g/mol. The zero-order valence-corrected chi connectivity index (χ0v) is 16.0.